The average molecular weight is 478 g/mol. The molecule has 1 aliphatic heterocycles. The van der Waals surface area contributed by atoms with E-state index in [-0.39, 0.29) is 6.09 Å². The van der Waals surface area contributed by atoms with E-state index in [4.69, 9.17) is 14.7 Å². The molecule has 4 aromatic rings. The number of thiophene rings is 1. The molecule has 0 aliphatic carbocycles. The number of para-hydroxylation sites is 1. The number of fused-ring (bicyclic) bond motifs is 1. The van der Waals surface area contributed by atoms with E-state index < -0.39 is 5.60 Å². The summed E-state index contributed by atoms with van der Waals surface area (Å²) in [6, 6.07) is 12.0. The third kappa shape index (κ3) is 4.81. The molecule has 0 radical (unpaired) electrons. The van der Waals surface area contributed by atoms with Gasteiger partial charge in [0.15, 0.2) is 5.82 Å². The second-order valence-electron chi connectivity index (χ2n) is 9.09. The van der Waals surface area contributed by atoms with Crippen LogP contribution < -0.4 is 10.2 Å². The van der Waals surface area contributed by atoms with Crippen molar-refractivity contribution in [3.05, 3.63) is 54.3 Å². The first-order chi connectivity index (χ1) is 16.4. The molecule has 176 valence electrons. The number of imidazole rings is 1. The topological polar surface area (TPSA) is 88.4 Å². The van der Waals surface area contributed by atoms with Gasteiger partial charge in [0.2, 0.25) is 5.95 Å². The fourth-order valence-corrected chi connectivity index (χ4v) is 4.52. The molecule has 34 heavy (non-hydrogen) atoms. The normalized spacial score (nSPS) is 14.4. The van der Waals surface area contributed by atoms with E-state index in [1.807, 2.05) is 73.3 Å². The zero-order valence-electron chi connectivity index (χ0n) is 19.4. The lowest BCUT2D eigenvalue weighted by Crippen LogP contribution is -2.50. The molecule has 0 atom stereocenters. The highest BCUT2D eigenvalue weighted by Gasteiger charge is 2.27. The van der Waals surface area contributed by atoms with Gasteiger partial charge >= 0.3 is 6.09 Å². The maximum Gasteiger partial charge on any atom is 0.410 e. The number of carbonyl (C=O) groups is 1. The van der Waals surface area contributed by atoms with E-state index in [0.717, 1.165) is 21.7 Å². The molecular formula is C24H27N7O2S. The molecule has 1 fully saturated rings. The second-order valence-corrected chi connectivity index (χ2v) is 10.0. The minimum Gasteiger partial charge on any atom is -0.444 e. The summed E-state index contributed by atoms with van der Waals surface area (Å²) < 4.78 is 8.45. The highest BCUT2D eigenvalue weighted by atomic mass is 32.1. The molecule has 4 heterocycles. The van der Waals surface area contributed by atoms with Crippen LogP contribution in [0, 0.1) is 0 Å². The Balaban J connectivity index is 1.33. The Kier molecular flexibility index (Phi) is 5.82. The molecule has 1 amide bonds. The Labute approximate surface area is 202 Å². The van der Waals surface area contributed by atoms with Crippen LogP contribution in [0.3, 0.4) is 0 Å². The van der Waals surface area contributed by atoms with Crippen LogP contribution in [-0.4, -0.2) is 62.3 Å². The Hall–Kier alpha value is -3.66. The third-order valence-corrected chi connectivity index (χ3v) is 6.30. The number of benzene rings is 1. The standard InChI is InChI=1S/C24H27N7O2S/c1-24(2,3)33-23(32)30-12-10-29(11-13-30)22-26-18-9-14-34-20(18)21(28-22)27-19-15-31(16-25-19)17-7-5-4-6-8-17/h4-9,14-16H,10-13H2,1-3H3,(H,26,27,28). The molecule has 0 unspecified atom stereocenters. The maximum absolute atomic E-state index is 12.4. The van der Waals surface area contributed by atoms with E-state index in [2.05, 4.69) is 15.2 Å². The van der Waals surface area contributed by atoms with Gasteiger partial charge < -0.3 is 24.4 Å². The number of aromatic nitrogens is 4. The van der Waals surface area contributed by atoms with Gasteiger partial charge in [-0.1, -0.05) is 18.2 Å². The van der Waals surface area contributed by atoms with Crippen LogP contribution in [0.25, 0.3) is 15.9 Å². The minimum atomic E-state index is -0.505. The number of nitrogens with one attached hydrogen (secondary N) is 1. The van der Waals surface area contributed by atoms with E-state index in [1.54, 1.807) is 22.6 Å². The molecule has 1 N–H and O–H groups in total. The number of piperazine rings is 1. The fourth-order valence-electron chi connectivity index (χ4n) is 3.74. The summed E-state index contributed by atoms with van der Waals surface area (Å²) in [7, 11) is 0. The van der Waals surface area contributed by atoms with Gasteiger partial charge in [0.1, 0.15) is 17.7 Å². The first-order valence-corrected chi connectivity index (χ1v) is 12.1. The molecule has 5 rings (SSSR count). The van der Waals surface area contributed by atoms with Crippen LogP contribution in [-0.2, 0) is 4.74 Å². The van der Waals surface area contributed by atoms with Crippen LogP contribution in [0.15, 0.2) is 54.3 Å². The van der Waals surface area contributed by atoms with E-state index in [1.165, 1.54) is 0 Å². The molecule has 1 saturated heterocycles. The number of hydrogen-bond acceptors (Lipinski definition) is 8. The third-order valence-electron chi connectivity index (χ3n) is 5.39. The quantitative estimate of drug-likeness (QED) is 0.457. The van der Waals surface area contributed by atoms with Gasteiger partial charge in [0.25, 0.3) is 0 Å². The molecule has 10 heteroatoms. The number of ether oxygens (including phenoxy) is 1. The molecule has 0 bridgehead atoms. The van der Waals surface area contributed by atoms with E-state index in [0.29, 0.717) is 37.9 Å². The molecule has 9 nitrogen and oxygen atoms in total. The van der Waals surface area contributed by atoms with E-state index in [9.17, 15) is 4.79 Å². The largest absolute Gasteiger partial charge is 0.444 e. The first kappa shape index (κ1) is 22.1. The van der Waals surface area contributed by atoms with E-state index >= 15 is 0 Å². The SMILES string of the molecule is CC(C)(C)OC(=O)N1CCN(c2nc(Nc3cn(-c4ccccc4)cn3)c3sccc3n2)CC1. The summed E-state index contributed by atoms with van der Waals surface area (Å²) in [5.74, 6) is 2.07. The van der Waals surface area contributed by atoms with Crippen LogP contribution in [0.2, 0.25) is 0 Å². The Morgan fingerprint density at radius 1 is 1.06 bits per heavy atom. The monoisotopic (exact) mass is 477 g/mol. The van der Waals surface area contributed by atoms with Crippen LogP contribution in [0.1, 0.15) is 20.8 Å². The number of amides is 1. The van der Waals surface area contributed by atoms with Crippen molar-refractivity contribution in [2.45, 2.75) is 26.4 Å². The number of rotatable bonds is 4. The molecule has 1 aromatic carbocycles. The van der Waals surface area contributed by atoms with Crippen LogP contribution in [0.5, 0.6) is 0 Å². The van der Waals surface area contributed by atoms with Gasteiger partial charge in [-0.3, -0.25) is 0 Å². The van der Waals surface area contributed by atoms with Crippen molar-refractivity contribution in [3.8, 4) is 5.69 Å². The zero-order valence-corrected chi connectivity index (χ0v) is 20.2. The second kappa shape index (κ2) is 8.94. The van der Waals surface area contributed by atoms with Crippen LogP contribution in [0.4, 0.5) is 22.4 Å². The predicted molar refractivity (Wildman–Crippen MR) is 134 cm³/mol. The summed E-state index contributed by atoms with van der Waals surface area (Å²) in [4.78, 5) is 30.3. The van der Waals surface area contributed by atoms with Crippen molar-refractivity contribution in [3.63, 3.8) is 0 Å². The first-order valence-electron chi connectivity index (χ1n) is 11.2. The Morgan fingerprint density at radius 2 is 1.82 bits per heavy atom. The lowest BCUT2D eigenvalue weighted by molar-refractivity contribution is 0.0240. The molecular weight excluding hydrogens is 450 g/mol. The smallest absolute Gasteiger partial charge is 0.410 e. The Morgan fingerprint density at radius 3 is 2.56 bits per heavy atom. The van der Waals surface area contributed by atoms with Crippen molar-refractivity contribution in [1.29, 1.82) is 0 Å². The highest BCUT2D eigenvalue weighted by molar-refractivity contribution is 7.17. The van der Waals surface area contributed by atoms with Crippen molar-refractivity contribution in [2.75, 3.05) is 36.4 Å². The van der Waals surface area contributed by atoms with Gasteiger partial charge in [-0.2, -0.15) is 4.98 Å². The molecule has 1 aliphatic rings. The van der Waals surface area contributed by atoms with Crippen molar-refractivity contribution in [1.82, 2.24) is 24.4 Å². The summed E-state index contributed by atoms with van der Waals surface area (Å²) >= 11 is 1.59. The van der Waals surface area contributed by atoms with Crippen LogP contribution >= 0.6 is 11.3 Å². The predicted octanol–water partition coefficient (Wildman–Crippen LogP) is 4.68. The maximum atomic E-state index is 12.4. The fraction of sp³-hybridized carbons (Fsp3) is 0.333. The highest BCUT2D eigenvalue weighted by Crippen LogP contribution is 2.30. The summed E-state index contributed by atoms with van der Waals surface area (Å²) in [5.41, 5.74) is 1.42. The summed E-state index contributed by atoms with van der Waals surface area (Å²) in [6.45, 7) is 8.02. The van der Waals surface area contributed by atoms with Gasteiger partial charge in [0, 0.05) is 31.9 Å². The lowest BCUT2D eigenvalue weighted by Gasteiger charge is -2.35. The number of anilines is 3. The zero-order chi connectivity index (χ0) is 23.7. The van der Waals surface area contributed by atoms with Gasteiger partial charge in [0.05, 0.1) is 16.4 Å². The summed E-state index contributed by atoms with van der Waals surface area (Å²) in [5, 5.41) is 5.38. The minimum absolute atomic E-state index is 0.280. The summed E-state index contributed by atoms with van der Waals surface area (Å²) in [6.07, 6.45) is 3.44. The Bertz CT molecular complexity index is 1290. The number of carbonyl (C=O) groups excluding carboxylic acids is 1. The van der Waals surface area contributed by atoms with Crippen molar-refractivity contribution in [2.24, 2.45) is 0 Å². The number of hydrogen-bond donors (Lipinski definition) is 1. The van der Waals surface area contributed by atoms with Gasteiger partial charge in [-0.05, 0) is 44.4 Å². The van der Waals surface area contributed by atoms with Crippen molar-refractivity contribution >= 4 is 45.2 Å². The lowest BCUT2D eigenvalue weighted by atomic mass is 10.2. The molecule has 3 aromatic heterocycles. The van der Waals surface area contributed by atoms with Crippen molar-refractivity contribution < 1.29 is 9.53 Å². The van der Waals surface area contributed by atoms with Gasteiger partial charge in [-0.25, -0.2) is 14.8 Å². The molecule has 0 saturated carbocycles. The van der Waals surface area contributed by atoms with Gasteiger partial charge in [-0.15, -0.1) is 11.3 Å². The average Bonchev–Trinajstić information content (AvgIpc) is 3.48. The molecule has 0 spiro atoms. The number of nitrogens with zero attached hydrogens (tertiary/aromatic N) is 6.